The van der Waals surface area contributed by atoms with Crippen molar-refractivity contribution in [3.05, 3.63) is 66.0 Å². The van der Waals surface area contributed by atoms with Gasteiger partial charge in [-0.25, -0.2) is 9.97 Å². The molecule has 0 saturated carbocycles. The maximum Gasteiger partial charge on any atom is 0.142 e. The van der Waals surface area contributed by atoms with Gasteiger partial charge < -0.3 is 20.1 Å². The Balaban J connectivity index is 1.72. The average molecular weight is 350 g/mol. The van der Waals surface area contributed by atoms with E-state index in [2.05, 4.69) is 51.8 Å². The van der Waals surface area contributed by atoms with Gasteiger partial charge in [-0.3, -0.25) is 0 Å². The summed E-state index contributed by atoms with van der Waals surface area (Å²) < 4.78 is 10.7. The minimum Gasteiger partial charge on any atom is -0.497 e. The van der Waals surface area contributed by atoms with E-state index in [-0.39, 0.29) is 0 Å². The van der Waals surface area contributed by atoms with Gasteiger partial charge in [0.2, 0.25) is 0 Å². The van der Waals surface area contributed by atoms with Crippen LogP contribution in [0.1, 0.15) is 11.1 Å². The highest BCUT2D eigenvalue weighted by Crippen LogP contribution is 2.31. The van der Waals surface area contributed by atoms with E-state index >= 15 is 0 Å². The first-order valence-electron chi connectivity index (χ1n) is 8.28. The largest absolute Gasteiger partial charge is 0.497 e. The van der Waals surface area contributed by atoms with Gasteiger partial charge in [-0.05, 0) is 24.6 Å². The molecule has 0 saturated heterocycles. The first kappa shape index (κ1) is 17.5. The number of ether oxygens (including phenoxy) is 2. The Morgan fingerprint density at radius 2 is 1.65 bits per heavy atom. The number of hydrogen-bond donors (Lipinski definition) is 2. The third kappa shape index (κ3) is 4.42. The number of aryl methyl sites for hydroxylation is 1. The van der Waals surface area contributed by atoms with E-state index in [0.29, 0.717) is 18.1 Å². The van der Waals surface area contributed by atoms with Crippen LogP contribution >= 0.6 is 0 Å². The number of nitrogens with zero attached hydrogens (tertiary/aromatic N) is 2. The molecule has 0 aliphatic heterocycles. The summed E-state index contributed by atoms with van der Waals surface area (Å²) in [4.78, 5) is 8.55. The molecule has 134 valence electrons. The highest BCUT2D eigenvalue weighted by Gasteiger charge is 2.07. The van der Waals surface area contributed by atoms with Crippen molar-refractivity contribution in [1.29, 1.82) is 0 Å². The summed E-state index contributed by atoms with van der Waals surface area (Å²) in [5, 5.41) is 6.56. The summed E-state index contributed by atoms with van der Waals surface area (Å²) in [7, 11) is 3.25. The van der Waals surface area contributed by atoms with Crippen LogP contribution in [-0.2, 0) is 6.54 Å². The molecule has 26 heavy (non-hydrogen) atoms. The first-order valence-corrected chi connectivity index (χ1v) is 8.28. The maximum atomic E-state index is 5.39. The monoisotopic (exact) mass is 350 g/mol. The van der Waals surface area contributed by atoms with Crippen LogP contribution in [0.15, 0.2) is 54.9 Å². The van der Waals surface area contributed by atoms with Gasteiger partial charge >= 0.3 is 0 Å². The quantitative estimate of drug-likeness (QED) is 0.667. The molecule has 2 N–H and O–H groups in total. The molecule has 3 aromatic rings. The summed E-state index contributed by atoms with van der Waals surface area (Å²) in [5.74, 6) is 2.85. The predicted molar refractivity (Wildman–Crippen MR) is 103 cm³/mol. The second-order valence-electron chi connectivity index (χ2n) is 5.82. The Bertz CT molecular complexity index is 866. The van der Waals surface area contributed by atoms with Crippen molar-refractivity contribution in [3.8, 4) is 11.5 Å². The Labute approximate surface area is 153 Å². The Hall–Kier alpha value is -3.28. The average Bonchev–Trinajstić information content (AvgIpc) is 2.68. The molecule has 0 radical (unpaired) electrons. The summed E-state index contributed by atoms with van der Waals surface area (Å²) in [6.07, 6.45) is 1.52. The number of anilines is 3. The van der Waals surface area contributed by atoms with Gasteiger partial charge in [0.15, 0.2) is 0 Å². The molecule has 1 heterocycles. The SMILES string of the molecule is COc1ccc(OC)c(Nc2cc(NCc3ccc(C)cc3)ncn2)c1. The molecule has 0 atom stereocenters. The summed E-state index contributed by atoms with van der Waals surface area (Å²) >= 11 is 0. The Morgan fingerprint density at radius 1 is 0.885 bits per heavy atom. The molecule has 6 nitrogen and oxygen atoms in total. The maximum absolute atomic E-state index is 5.39. The molecule has 0 spiro atoms. The van der Waals surface area contributed by atoms with E-state index in [9.17, 15) is 0 Å². The summed E-state index contributed by atoms with van der Waals surface area (Å²) in [6.45, 7) is 2.77. The van der Waals surface area contributed by atoms with Crippen LogP contribution in [0.3, 0.4) is 0 Å². The van der Waals surface area contributed by atoms with Crippen LogP contribution in [0.25, 0.3) is 0 Å². The lowest BCUT2D eigenvalue weighted by molar-refractivity contribution is 0.405. The Morgan fingerprint density at radius 3 is 2.38 bits per heavy atom. The van der Waals surface area contributed by atoms with E-state index in [1.807, 2.05) is 24.3 Å². The molecule has 0 bridgehead atoms. The molecule has 1 aromatic heterocycles. The number of rotatable bonds is 7. The predicted octanol–water partition coefficient (Wildman–Crippen LogP) is 4.16. The van der Waals surface area contributed by atoms with Crippen molar-refractivity contribution in [2.75, 3.05) is 24.9 Å². The highest BCUT2D eigenvalue weighted by molar-refractivity contribution is 5.67. The van der Waals surface area contributed by atoms with Gasteiger partial charge in [-0.2, -0.15) is 0 Å². The van der Waals surface area contributed by atoms with Gasteiger partial charge in [-0.15, -0.1) is 0 Å². The molecule has 6 heteroatoms. The fraction of sp³-hybridized carbons (Fsp3) is 0.200. The molecule has 0 unspecified atom stereocenters. The standard InChI is InChI=1S/C20H22N4O2/c1-14-4-6-15(7-5-14)12-21-19-11-20(23-13-22-19)24-17-10-16(25-2)8-9-18(17)26-3/h4-11,13H,12H2,1-3H3,(H2,21,22,23,24). The fourth-order valence-corrected chi connectivity index (χ4v) is 2.47. The van der Waals surface area contributed by atoms with E-state index in [0.717, 1.165) is 17.3 Å². The second kappa shape index (κ2) is 8.20. The van der Waals surface area contributed by atoms with Crippen molar-refractivity contribution < 1.29 is 9.47 Å². The lowest BCUT2D eigenvalue weighted by Crippen LogP contribution is -2.03. The van der Waals surface area contributed by atoms with Gasteiger partial charge in [0, 0.05) is 18.7 Å². The van der Waals surface area contributed by atoms with Gasteiger partial charge in [0.25, 0.3) is 0 Å². The third-order valence-corrected chi connectivity index (χ3v) is 3.93. The second-order valence-corrected chi connectivity index (χ2v) is 5.82. The highest BCUT2D eigenvalue weighted by atomic mass is 16.5. The summed E-state index contributed by atoms with van der Waals surface area (Å²) in [5.41, 5.74) is 3.21. The van der Waals surface area contributed by atoms with Crippen molar-refractivity contribution >= 4 is 17.3 Å². The molecule has 0 amide bonds. The zero-order valence-electron chi connectivity index (χ0n) is 15.1. The fourth-order valence-electron chi connectivity index (χ4n) is 2.47. The van der Waals surface area contributed by atoms with E-state index in [4.69, 9.17) is 9.47 Å². The minimum absolute atomic E-state index is 0.665. The van der Waals surface area contributed by atoms with E-state index in [1.54, 1.807) is 14.2 Å². The van der Waals surface area contributed by atoms with Crippen molar-refractivity contribution in [2.24, 2.45) is 0 Å². The number of methoxy groups -OCH3 is 2. The first-order chi connectivity index (χ1) is 12.7. The number of nitrogens with one attached hydrogen (secondary N) is 2. The number of benzene rings is 2. The smallest absolute Gasteiger partial charge is 0.142 e. The number of hydrogen-bond acceptors (Lipinski definition) is 6. The normalized spacial score (nSPS) is 10.3. The molecule has 0 fully saturated rings. The lowest BCUT2D eigenvalue weighted by atomic mass is 10.1. The third-order valence-electron chi connectivity index (χ3n) is 3.93. The van der Waals surface area contributed by atoms with Crippen molar-refractivity contribution in [1.82, 2.24) is 9.97 Å². The Kier molecular flexibility index (Phi) is 5.53. The van der Waals surface area contributed by atoms with Crippen LogP contribution in [0.4, 0.5) is 17.3 Å². The molecule has 0 aliphatic rings. The van der Waals surface area contributed by atoms with Crippen molar-refractivity contribution in [2.45, 2.75) is 13.5 Å². The van der Waals surface area contributed by atoms with Crippen LogP contribution in [0.2, 0.25) is 0 Å². The molecular weight excluding hydrogens is 328 g/mol. The molecular formula is C20H22N4O2. The van der Waals surface area contributed by atoms with Crippen LogP contribution in [0.5, 0.6) is 11.5 Å². The number of aromatic nitrogens is 2. The zero-order chi connectivity index (χ0) is 18.4. The molecule has 0 aliphatic carbocycles. The van der Waals surface area contributed by atoms with Gasteiger partial charge in [0.1, 0.15) is 29.5 Å². The topological polar surface area (TPSA) is 68.3 Å². The van der Waals surface area contributed by atoms with E-state index < -0.39 is 0 Å². The molecule has 3 rings (SSSR count). The minimum atomic E-state index is 0.665. The van der Waals surface area contributed by atoms with Gasteiger partial charge in [0.05, 0.1) is 19.9 Å². The molecule has 2 aromatic carbocycles. The van der Waals surface area contributed by atoms with E-state index in [1.165, 1.54) is 17.5 Å². The zero-order valence-corrected chi connectivity index (χ0v) is 15.1. The summed E-state index contributed by atoms with van der Waals surface area (Å²) in [6, 6.07) is 15.8. The van der Waals surface area contributed by atoms with Crippen LogP contribution in [-0.4, -0.2) is 24.2 Å². The van der Waals surface area contributed by atoms with Crippen molar-refractivity contribution in [3.63, 3.8) is 0 Å². The van der Waals surface area contributed by atoms with Crippen LogP contribution < -0.4 is 20.1 Å². The van der Waals surface area contributed by atoms with Gasteiger partial charge in [-0.1, -0.05) is 29.8 Å². The lowest BCUT2D eigenvalue weighted by Gasteiger charge is -2.13. The van der Waals surface area contributed by atoms with Crippen LogP contribution in [0, 0.1) is 6.92 Å².